The van der Waals surface area contributed by atoms with Gasteiger partial charge in [-0.2, -0.15) is 0 Å². The molecule has 0 spiro atoms. The lowest BCUT2D eigenvalue weighted by atomic mass is 10.2. The number of ether oxygens (including phenoxy) is 1. The molecule has 0 radical (unpaired) electrons. The second kappa shape index (κ2) is 6.64. The van der Waals surface area contributed by atoms with Crippen molar-refractivity contribution in [2.45, 2.75) is 6.04 Å². The number of benzene rings is 1. The smallest absolute Gasteiger partial charge is 0.135 e. The fourth-order valence-electron chi connectivity index (χ4n) is 2.11. The van der Waals surface area contributed by atoms with Gasteiger partial charge < -0.3 is 10.1 Å². The monoisotopic (exact) mass is 379 g/mol. The molecule has 5 heteroatoms. The van der Waals surface area contributed by atoms with Crippen molar-refractivity contribution in [3.05, 3.63) is 67.5 Å². The Kier molecular flexibility index (Phi) is 4.63. The second-order valence-electron chi connectivity index (χ2n) is 4.46. The number of methoxy groups -OCH3 is 1. The zero-order chi connectivity index (χ0) is 14.7. The molecule has 108 valence electrons. The van der Waals surface area contributed by atoms with Crippen molar-refractivity contribution < 1.29 is 4.74 Å². The lowest BCUT2D eigenvalue weighted by molar-refractivity contribution is 0.412. The molecule has 2 aromatic heterocycles. The van der Waals surface area contributed by atoms with Crippen molar-refractivity contribution in [2.24, 2.45) is 0 Å². The SMILES string of the molecule is COc1cc(NC(c2cccs2)c2cccs2)ccc1Br. The van der Waals surface area contributed by atoms with E-state index in [4.69, 9.17) is 4.74 Å². The number of hydrogen-bond acceptors (Lipinski definition) is 4. The van der Waals surface area contributed by atoms with E-state index in [0.29, 0.717) is 0 Å². The summed E-state index contributed by atoms with van der Waals surface area (Å²) in [5.41, 5.74) is 1.04. The summed E-state index contributed by atoms with van der Waals surface area (Å²) >= 11 is 7.02. The molecule has 0 saturated carbocycles. The van der Waals surface area contributed by atoms with Crippen LogP contribution in [0.5, 0.6) is 5.75 Å². The fourth-order valence-corrected chi connectivity index (χ4v) is 4.18. The van der Waals surface area contributed by atoms with Gasteiger partial charge in [0.25, 0.3) is 0 Å². The van der Waals surface area contributed by atoms with E-state index >= 15 is 0 Å². The molecule has 3 aromatic rings. The quantitative estimate of drug-likeness (QED) is 0.606. The van der Waals surface area contributed by atoms with Gasteiger partial charge in [-0.3, -0.25) is 0 Å². The van der Waals surface area contributed by atoms with E-state index in [9.17, 15) is 0 Å². The maximum Gasteiger partial charge on any atom is 0.135 e. The van der Waals surface area contributed by atoms with Gasteiger partial charge in [0, 0.05) is 21.5 Å². The molecular formula is C16H14BrNOS2. The van der Waals surface area contributed by atoms with Gasteiger partial charge in [0.1, 0.15) is 5.75 Å². The molecule has 0 bridgehead atoms. The zero-order valence-corrected chi connectivity index (χ0v) is 14.6. The number of thiophene rings is 2. The molecular weight excluding hydrogens is 366 g/mol. The van der Waals surface area contributed by atoms with Crippen molar-refractivity contribution in [1.82, 2.24) is 0 Å². The highest BCUT2D eigenvalue weighted by molar-refractivity contribution is 9.10. The second-order valence-corrected chi connectivity index (χ2v) is 7.27. The van der Waals surface area contributed by atoms with Crippen LogP contribution in [0.1, 0.15) is 15.8 Å². The molecule has 21 heavy (non-hydrogen) atoms. The van der Waals surface area contributed by atoms with Crippen LogP contribution in [0.2, 0.25) is 0 Å². The van der Waals surface area contributed by atoms with Crippen molar-refractivity contribution in [3.8, 4) is 5.75 Å². The lowest BCUT2D eigenvalue weighted by Crippen LogP contribution is -2.09. The van der Waals surface area contributed by atoms with Crippen molar-refractivity contribution in [2.75, 3.05) is 12.4 Å². The highest BCUT2D eigenvalue weighted by atomic mass is 79.9. The van der Waals surface area contributed by atoms with Gasteiger partial charge in [0.05, 0.1) is 17.6 Å². The van der Waals surface area contributed by atoms with Crippen LogP contribution in [-0.2, 0) is 0 Å². The van der Waals surface area contributed by atoms with Crippen molar-refractivity contribution >= 4 is 44.3 Å². The minimum Gasteiger partial charge on any atom is -0.495 e. The standard InChI is InChI=1S/C16H14BrNOS2/c1-19-13-10-11(6-7-12(13)17)18-16(14-4-2-8-20-14)15-5-3-9-21-15/h2-10,16,18H,1H3. The molecule has 0 aliphatic heterocycles. The van der Waals surface area contributed by atoms with Crippen LogP contribution in [-0.4, -0.2) is 7.11 Å². The first kappa shape index (κ1) is 14.6. The molecule has 0 amide bonds. The average Bonchev–Trinajstić information content (AvgIpc) is 3.20. The molecule has 3 rings (SSSR count). The summed E-state index contributed by atoms with van der Waals surface area (Å²) in [7, 11) is 1.68. The molecule has 2 heterocycles. The first-order chi connectivity index (χ1) is 10.3. The highest BCUT2D eigenvalue weighted by Crippen LogP contribution is 2.34. The minimum absolute atomic E-state index is 0.177. The molecule has 0 unspecified atom stereocenters. The minimum atomic E-state index is 0.177. The zero-order valence-electron chi connectivity index (χ0n) is 11.4. The van der Waals surface area contributed by atoms with E-state index in [0.717, 1.165) is 15.9 Å². The number of nitrogens with one attached hydrogen (secondary N) is 1. The Morgan fingerprint density at radius 2 is 1.71 bits per heavy atom. The summed E-state index contributed by atoms with van der Waals surface area (Å²) in [6.45, 7) is 0. The number of halogens is 1. The molecule has 0 saturated heterocycles. The fraction of sp³-hybridized carbons (Fsp3) is 0.125. The summed E-state index contributed by atoms with van der Waals surface area (Å²) in [5, 5.41) is 7.83. The van der Waals surface area contributed by atoms with E-state index < -0.39 is 0 Å². The maximum atomic E-state index is 5.37. The number of rotatable bonds is 5. The Morgan fingerprint density at radius 1 is 1.05 bits per heavy atom. The molecule has 0 atom stereocenters. The van der Waals surface area contributed by atoms with Crippen LogP contribution in [0, 0.1) is 0 Å². The van der Waals surface area contributed by atoms with E-state index in [1.165, 1.54) is 9.75 Å². The lowest BCUT2D eigenvalue weighted by Gasteiger charge is -2.18. The third-order valence-electron chi connectivity index (χ3n) is 3.12. The Balaban J connectivity index is 1.92. The number of anilines is 1. The molecule has 0 aliphatic rings. The normalized spacial score (nSPS) is 10.8. The van der Waals surface area contributed by atoms with Crippen LogP contribution in [0.4, 0.5) is 5.69 Å². The molecule has 1 N–H and O–H groups in total. The van der Waals surface area contributed by atoms with E-state index in [-0.39, 0.29) is 6.04 Å². The highest BCUT2D eigenvalue weighted by Gasteiger charge is 2.16. The van der Waals surface area contributed by atoms with Gasteiger partial charge in [-0.05, 0) is 51.0 Å². The van der Waals surface area contributed by atoms with Gasteiger partial charge in [-0.1, -0.05) is 12.1 Å². The predicted molar refractivity (Wildman–Crippen MR) is 94.8 cm³/mol. The van der Waals surface area contributed by atoms with E-state index in [2.05, 4.69) is 62.3 Å². The van der Waals surface area contributed by atoms with Gasteiger partial charge in [-0.15, -0.1) is 22.7 Å². The molecule has 1 aromatic carbocycles. The van der Waals surface area contributed by atoms with Crippen LogP contribution >= 0.6 is 38.6 Å². The van der Waals surface area contributed by atoms with Crippen LogP contribution in [0.25, 0.3) is 0 Å². The first-order valence-electron chi connectivity index (χ1n) is 6.45. The van der Waals surface area contributed by atoms with Crippen molar-refractivity contribution in [1.29, 1.82) is 0 Å². The third kappa shape index (κ3) is 3.31. The Hall–Kier alpha value is -1.30. The summed E-state index contributed by atoms with van der Waals surface area (Å²) in [4.78, 5) is 2.61. The topological polar surface area (TPSA) is 21.3 Å². The van der Waals surface area contributed by atoms with Gasteiger partial charge in [0.2, 0.25) is 0 Å². The molecule has 2 nitrogen and oxygen atoms in total. The summed E-state index contributed by atoms with van der Waals surface area (Å²) < 4.78 is 6.32. The number of hydrogen-bond donors (Lipinski definition) is 1. The summed E-state index contributed by atoms with van der Waals surface area (Å²) in [6, 6.07) is 14.8. The van der Waals surface area contributed by atoms with Gasteiger partial charge in [0.15, 0.2) is 0 Å². The molecule has 0 fully saturated rings. The van der Waals surface area contributed by atoms with Gasteiger partial charge >= 0.3 is 0 Å². The third-order valence-corrected chi connectivity index (χ3v) is 5.65. The predicted octanol–water partition coefficient (Wildman–Crippen LogP) is 5.78. The van der Waals surface area contributed by atoms with E-state index in [1.54, 1.807) is 29.8 Å². The Bertz CT molecular complexity index is 661. The van der Waals surface area contributed by atoms with Crippen LogP contribution in [0.3, 0.4) is 0 Å². The van der Waals surface area contributed by atoms with E-state index in [1.807, 2.05) is 12.1 Å². The Labute approximate surface area is 140 Å². The summed E-state index contributed by atoms with van der Waals surface area (Å²) in [6.07, 6.45) is 0. The maximum absolute atomic E-state index is 5.37. The van der Waals surface area contributed by atoms with Crippen LogP contribution < -0.4 is 10.1 Å². The van der Waals surface area contributed by atoms with Crippen LogP contribution in [0.15, 0.2) is 57.7 Å². The largest absolute Gasteiger partial charge is 0.495 e. The molecule has 0 aliphatic carbocycles. The van der Waals surface area contributed by atoms with Crippen molar-refractivity contribution in [3.63, 3.8) is 0 Å². The average molecular weight is 380 g/mol. The summed E-state index contributed by atoms with van der Waals surface area (Å²) in [5.74, 6) is 0.830. The van der Waals surface area contributed by atoms with Gasteiger partial charge in [-0.25, -0.2) is 0 Å². The first-order valence-corrected chi connectivity index (χ1v) is 9.00. The Morgan fingerprint density at radius 3 is 2.24 bits per heavy atom.